The lowest BCUT2D eigenvalue weighted by molar-refractivity contribution is 1.08. The van der Waals surface area contributed by atoms with E-state index >= 15 is 0 Å². The Hall–Kier alpha value is -4.05. The van der Waals surface area contributed by atoms with Gasteiger partial charge in [-0.25, -0.2) is 4.98 Å². The minimum atomic E-state index is -0.224. The van der Waals surface area contributed by atoms with Gasteiger partial charge in [0.1, 0.15) is 4.08 Å². The molecule has 1 aliphatic heterocycles. The van der Waals surface area contributed by atoms with Crippen LogP contribution in [-0.4, -0.2) is 4.98 Å². The number of hydrogen-bond acceptors (Lipinski definition) is 3. The van der Waals surface area contributed by atoms with Crippen molar-refractivity contribution in [2.24, 2.45) is 0 Å². The summed E-state index contributed by atoms with van der Waals surface area (Å²) in [7, 11) is 0. The molecule has 0 bridgehead atoms. The van der Waals surface area contributed by atoms with E-state index in [-0.39, 0.29) is 4.08 Å². The van der Waals surface area contributed by atoms with Gasteiger partial charge in [-0.15, -0.1) is 0 Å². The molecular formula is C36H25NS2. The molecular weight excluding hydrogens is 511 g/mol. The molecule has 1 aliphatic rings. The van der Waals surface area contributed by atoms with E-state index in [2.05, 4.69) is 146 Å². The van der Waals surface area contributed by atoms with Crippen molar-refractivity contribution in [3.05, 3.63) is 163 Å². The molecule has 6 aromatic rings. The molecule has 0 atom stereocenters. The molecule has 1 nitrogen and oxygen atoms in total. The highest BCUT2D eigenvalue weighted by Crippen LogP contribution is 2.64. The highest BCUT2D eigenvalue weighted by Gasteiger charge is 2.42. The van der Waals surface area contributed by atoms with Crippen molar-refractivity contribution in [1.29, 1.82) is 0 Å². The predicted molar refractivity (Wildman–Crippen MR) is 166 cm³/mol. The van der Waals surface area contributed by atoms with Crippen LogP contribution in [-0.2, 0) is 4.08 Å². The molecule has 0 saturated carbocycles. The summed E-state index contributed by atoms with van der Waals surface area (Å²) in [5.74, 6) is 0. The number of fused-ring (bicyclic) bond motifs is 1. The Morgan fingerprint density at radius 1 is 0.385 bits per heavy atom. The van der Waals surface area contributed by atoms with Gasteiger partial charge in [-0.3, -0.25) is 0 Å². The molecule has 0 radical (unpaired) electrons. The monoisotopic (exact) mass is 535 g/mol. The summed E-state index contributed by atoms with van der Waals surface area (Å²) in [6.45, 7) is 0. The van der Waals surface area contributed by atoms with E-state index in [1.165, 1.54) is 32.0 Å². The number of hydrogen-bond donors (Lipinski definition) is 0. The minimum Gasteiger partial charge on any atom is -0.248 e. The number of nitrogens with zero attached hydrogens (tertiary/aromatic N) is 1. The summed E-state index contributed by atoms with van der Waals surface area (Å²) in [6.07, 6.45) is 0. The molecule has 7 rings (SSSR count). The van der Waals surface area contributed by atoms with Crippen LogP contribution in [0.15, 0.2) is 161 Å². The first-order valence-electron chi connectivity index (χ1n) is 13.0. The molecule has 0 spiro atoms. The average molecular weight is 536 g/mol. The van der Waals surface area contributed by atoms with E-state index in [4.69, 9.17) is 4.98 Å². The predicted octanol–water partition coefficient (Wildman–Crippen LogP) is 10.2. The Morgan fingerprint density at radius 3 is 1.38 bits per heavy atom. The molecule has 1 aromatic heterocycles. The van der Waals surface area contributed by atoms with E-state index in [9.17, 15) is 0 Å². The van der Waals surface area contributed by atoms with Gasteiger partial charge < -0.3 is 0 Å². The van der Waals surface area contributed by atoms with Gasteiger partial charge in [0.05, 0.1) is 11.4 Å². The Morgan fingerprint density at radius 2 is 0.821 bits per heavy atom. The molecule has 39 heavy (non-hydrogen) atoms. The number of pyridine rings is 1. The lowest BCUT2D eigenvalue weighted by Crippen LogP contribution is -2.16. The first-order chi connectivity index (χ1) is 19.3. The van der Waals surface area contributed by atoms with E-state index < -0.39 is 0 Å². The normalized spacial score (nSPS) is 13.6. The second kappa shape index (κ2) is 10.3. The summed E-state index contributed by atoms with van der Waals surface area (Å²) in [5, 5.41) is 0. The first kappa shape index (κ1) is 24.0. The van der Waals surface area contributed by atoms with Crippen LogP contribution in [0.1, 0.15) is 11.1 Å². The number of rotatable bonds is 5. The summed E-state index contributed by atoms with van der Waals surface area (Å²) in [4.78, 5) is 7.79. The topological polar surface area (TPSA) is 12.9 Å². The van der Waals surface area contributed by atoms with Crippen molar-refractivity contribution >= 4 is 23.5 Å². The number of aromatic nitrogens is 1. The second-order valence-electron chi connectivity index (χ2n) is 9.57. The molecule has 0 saturated heterocycles. The smallest absolute Gasteiger partial charge is 0.120 e. The average Bonchev–Trinajstić information content (AvgIpc) is 3.43. The SMILES string of the molecule is c1ccc(-c2cc(-c3ccccc3)nc(-c3ccc(C4(c5ccccc5)Sc5ccccc5S4)cc3)c2)cc1. The Kier molecular flexibility index (Phi) is 6.32. The molecule has 0 aliphatic carbocycles. The maximum atomic E-state index is 5.12. The molecule has 3 heteroatoms. The standard InChI is InChI=1S/C36H25NS2/c1-4-12-26(13-5-1)29-24-32(27-14-6-2-7-15-27)37-33(25-29)28-20-22-31(23-21-28)36(30-16-8-3-9-17-30)38-34-18-10-11-19-35(34)39-36/h1-25H. The fourth-order valence-corrected chi connectivity index (χ4v) is 8.32. The van der Waals surface area contributed by atoms with Crippen LogP contribution < -0.4 is 0 Å². The van der Waals surface area contributed by atoms with Crippen molar-refractivity contribution in [2.45, 2.75) is 13.9 Å². The van der Waals surface area contributed by atoms with Gasteiger partial charge >= 0.3 is 0 Å². The van der Waals surface area contributed by atoms with Crippen molar-refractivity contribution < 1.29 is 0 Å². The van der Waals surface area contributed by atoms with Crippen LogP contribution in [0.25, 0.3) is 33.6 Å². The number of thioether (sulfide) groups is 2. The Labute approximate surface area is 238 Å². The van der Waals surface area contributed by atoms with E-state index in [0.717, 1.165) is 22.5 Å². The maximum absolute atomic E-state index is 5.12. The van der Waals surface area contributed by atoms with Crippen LogP contribution in [0, 0.1) is 0 Å². The molecule has 0 N–H and O–H groups in total. The molecule has 0 fully saturated rings. The summed E-state index contributed by atoms with van der Waals surface area (Å²) in [5.41, 5.74) is 9.14. The summed E-state index contributed by atoms with van der Waals surface area (Å²) < 4.78 is -0.224. The highest BCUT2D eigenvalue weighted by atomic mass is 32.2. The van der Waals surface area contributed by atoms with Crippen molar-refractivity contribution in [3.8, 4) is 33.6 Å². The van der Waals surface area contributed by atoms with Gasteiger partial charge in [0.25, 0.3) is 0 Å². The Balaban J connectivity index is 1.32. The molecule has 0 unspecified atom stereocenters. The zero-order valence-corrected chi connectivity index (χ0v) is 22.8. The zero-order valence-electron chi connectivity index (χ0n) is 21.2. The van der Waals surface area contributed by atoms with Crippen LogP contribution >= 0.6 is 23.5 Å². The van der Waals surface area contributed by atoms with Crippen LogP contribution in [0.4, 0.5) is 0 Å². The van der Waals surface area contributed by atoms with E-state index in [1.807, 2.05) is 29.6 Å². The van der Waals surface area contributed by atoms with Crippen molar-refractivity contribution in [3.63, 3.8) is 0 Å². The molecule has 5 aromatic carbocycles. The molecule has 0 amide bonds. The van der Waals surface area contributed by atoms with Crippen LogP contribution in [0.2, 0.25) is 0 Å². The molecule has 2 heterocycles. The lowest BCUT2D eigenvalue weighted by Gasteiger charge is -2.28. The minimum absolute atomic E-state index is 0.224. The quantitative estimate of drug-likeness (QED) is 0.218. The second-order valence-corrected chi connectivity index (χ2v) is 12.3. The van der Waals surface area contributed by atoms with E-state index in [1.54, 1.807) is 0 Å². The third kappa shape index (κ3) is 4.58. The van der Waals surface area contributed by atoms with Gasteiger partial charge in [-0.2, -0.15) is 0 Å². The fourth-order valence-electron chi connectivity index (χ4n) is 5.10. The zero-order chi connectivity index (χ0) is 26.1. The fraction of sp³-hybridized carbons (Fsp3) is 0.0278. The third-order valence-electron chi connectivity index (χ3n) is 7.07. The first-order valence-corrected chi connectivity index (χ1v) is 14.7. The van der Waals surface area contributed by atoms with Gasteiger partial charge in [-0.1, -0.05) is 151 Å². The summed E-state index contributed by atoms with van der Waals surface area (Å²) >= 11 is 3.88. The lowest BCUT2D eigenvalue weighted by atomic mass is 9.98. The van der Waals surface area contributed by atoms with E-state index in [0.29, 0.717) is 0 Å². The van der Waals surface area contributed by atoms with Crippen LogP contribution in [0.5, 0.6) is 0 Å². The van der Waals surface area contributed by atoms with Crippen molar-refractivity contribution in [1.82, 2.24) is 4.98 Å². The largest absolute Gasteiger partial charge is 0.248 e. The van der Waals surface area contributed by atoms with Crippen LogP contribution in [0.3, 0.4) is 0 Å². The Bertz CT molecular complexity index is 1650. The summed E-state index contributed by atoms with van der Waals surface area (Å²) in [6, 6.07) is 54.0. The third-order valence-corrected chi connectivity index (χ3v) is 10.4. The highest BCUT2D eigenvalue weighted by molar-refractivity contribution is 8.20. The van der Waals surface area contributed by atoms with Gasteiger partial charge in [0.2, 0.25) is 0 Å². The van der Waals surface area contributed by atoms with Gasteiger partial charge in [0, 0.05) is 20.9 Å². The number of benzene rings is 5. The molecule has 186 valence electrons. The van der Waals surface area contributed by atoms with Crippen molar-refractivity contribution in [2.75, 3.05) is 0 Å². The van der Waals surface area contributed by atoms with Gasteiger partial charge in [-0.05, 0) is 46.5 Å². The van der Waals surface area contributed by atoms with Gasteiger partial charge in [0.15, 0.2) is 0 Å². The maximum Gasteiger partial charge on any atom is 0.120 e.